The van der Waals surface area contributed by atoms with Crippen molar-refractivity contribution in [3.05, 3.63) is 17.2 Å². The Morgan fingerprint density at radius 2 is 1.93 bits per heavy atom. The highest BCUT2D eigenvalue weighted by Crippen LogP contribution is 2.46. The predicted octanol–water partition coefficient (Wildman–Crippen LogP) is 4.21. The highest BCUT2D eigenvalue weighted by Gasteiger charge is 2.34. The van der Waals surface area contributed by atoms with Crippen molar-refractivity contribution >= 4 is 64.9 Å². The van der Waals surface area contributed by atoms with E-state index in [1.165, 1.54) is 19.3 Å². The number of aliphatic hydroxyl groups excluding tert-OH is 1. The molecule has 0 radical (unpaired) electrons. The van der Waals surface area contributed by atoms with Gasteiger partial charge in [-0.1, -0.05) is 29.8 Å². The first-order valence-corrected chi connectivity index (χ1v) is 10.2. The van der Waals surface area contributed by atoms with Crippen LogP contribution in [0, 0.1) is 0 Å². The molecule has 1 aromatic carbocycles. The number of halogens is 3. The first-order valence-electron chi connectivity index (χ1n) is 9.03. The summed E-state index contributed by atoms with van der Waals surface area (Å²) in [6.45, 7) is 7.05. The first kappa shape index (κ1) is 22.9. The largest absolute Gasteiger partial charge is 0.395 e. The Bertz CT molecular complexity index is 760. The van der Waals surface area contributed by atoms with Crippen molar-refractivity contribution in [2.45, 2.75) is 36.1 Å². The van der Waals surface area contributed by atoms with Crippen LogP contribution in [0.25, 0.3) is 11.0 Å². The van der Waals surface area contributed by atoms with E-state index in [9.17, 15) is 0 Å². The van der Waals surface area contributed by atoms with E-state index in [1.807, 2.05) is 17.8 Å². The summed E-state index contributed by atoms with van der Waals surface area (Å²) in [7, 11) is 0. The molecular formula is C18H27Cl3N4OS. The summed E-state index contributed by atoms with van der Waals surface area (Å²) in [4.78, 5) is 12.8. The fraction of sp³-hybridized carbons (Fsp3) is 0.611. The molecular weight excluding hydrogens is 427 g/mol. The van der Waals surface area contributed by atoms with Crippen LogP contribution in [0.5, 0.6) is 0 Å². The van der Waals surface area contributed by atoms with Crippen molar-refractivity contribution in [1.29, 1.82) is 0 Å². The molecule has 5 nitrogen and oxygen atoms in total. The maximum atomic E-state index is 9.08. The van der Waals surface area contributed by atoms with E-state index < -0.39 is 0 Å². The van der Waals surface area contributed by atoms with Gasteiger partial charge in [0.15, 0.2) is 5.16 Å². The lowest BCUT2D eigenvalue weighted by molar-refractivity contribution is 0.189. The minimum Gasteiger partial charge on any atom is -0.395 e. The molecule has 2 N–H and O–H groups in total. The first-order chi connectivity index (χ1) is 12.1. The number of anilines is 1. The molecule has 2 aliphatic rings. The lowest BCUT2D eigenvalue weighted by Gasteiger charge is -2.36. The van der Waals surface area contributed by atoms with Gasteiger partial charge in [0.25, 0.3) is 0 Å². The summed E-state index contributed by atoms with van der Waals surface area (Å²) in [6.07, 6.45) is 3.85. The van der Waals surface area contributed by atoms with Crippen molar-refractivity contribution in [3.63, 3.8) is 0 Å². The van der Waals surface area contributed by atoms with E-state index in [0.717, 1.165) is 59.6 Å². The van der Waals surface area contributed by atoms with Crippen molar-refractivity contribution in [3.8, 4) is 0 Å². The van der Waals surface area contributed by atoms with Gasteiger partial charge in [-0.05, 0) is 31.9 Å². The van der Waals surface area contributed by atoms with Gasteiger partial charge in [-0.15, -0.1) is 24.8 Å². The topological polar surface area (TPSA) is 55.4 Å². The number of aromatic nitrogens is 2. The molecule has 0 bridgehead atoms. The van der Waals surface area contributed by atoms with Gasteiger partial charge in [0.1, 0.15) is 0 Å². The van der Waals surface area contributed by atoms with Crippen LogP contribution in [0.15, 0.2) is 17.3 Å². The summed E-state index contributed by atoms with van der Waals surface area (Å²) in [5, 5.41) is 10.9. The number of piperazine rings is 1. The summed E-state index contributed by atoms with van der Waals surface area (Å²) in [5.74, 6) is 0. The smallest absolute Gasteiger partial charge is 0.166 e. The minimum absolute atomic E-state index is 0. The lowest BCUT2D eigenvalue weighted by Crippen LogP contribution is -2.47. The second-order valence-corrected chi connectivity index (χ2v) is 9.30. The Morgan fingerprint density at radius 3 is 2.52 bits per heavy atom. The van der Waals surface area contributed by atoms with E-state index in [4.69, 9.17) is 21.7 Å². The molecule has 1 aliphatic heterocycles. The predicted molar refractivity (Wildman–Crippen MR) is 119 cm³/mol. The Morgan fingerprint density at radius 1 is 1.22 bits per heavy atom. The van der Waals surface area contributed by atoms with Crippen LogP contribution >= 0.6 is 48.2 Å². The second kappa shape index (κ2) is 9.42. The molecule has 27 heavy (non-hydrogen) atoms. The molecule has 1 saturated heterocycles. The number of thioether (sulfide) groups is 1. The quantitative estimate of drug-likeness (QED) is 0.710. The fourth-order valence-corrected chi connectivity index (χ4v) is 5.20. The number of aliphatic hydroxyl groups is 1. The highest BCUT2D eigenvalue weighted by atomic mass is 35.5. The number of rotatable bonds is 5. The Balaban J connectivity index is 0.00000131. The van der Waals surface area contributed by atoms with E-state index in [-0.39, 0.29) is 31.4 Å². The third kappa shape index (κ3) is 4.98. The molecule has 1 saturated carbocycles. The second-order valence-electron chi connectivity index (χ2n) is 7.32. The molecule has 9 heteroatoms. The summed E-state index contributed by atoms with van der Waals surface area (Å²) < 4.78 is 0.337. The van der Waals surface area contributed by atoms with Crippen LogP contribution < -0.4 is 4.90 Å². The maximum Gasteiger partial charge on any atom is 0.166 e. The van der Waals surface area contributed by atoms with Crippen LogP contribution in [0.1, 0.15) is 26.2 Å². The highest BCUT2D eigenvalue weighted by molar-refractivity contribution is 8.00. The van der Waals surface area contributed by atoms with Crippen LogP contribution in [0.3, 0.4) is 0 Å². The average molecular weight is 454 g/mol. The van der Waals surface area contributed by atoms with Gasteiger partial charge in [-0.25, -0.2) is 4.98 Å². The van der Waals surface area contributed by atoms with Gasteiger partial charge in [0, 0.05) is 37.5 Å². The van der Waals surface area contributed by atoms with Crippen LogP contribution in [0.4, 0.5) is 5.69 Å². The van der Waals surface area contributed by atoms with Gasteiger partial charge in [-0.2, -0.15) is 0 Å². The van der Waals surface area contributed by atoms with Crippen LogP contribution in [0.2, 0.25) is 5.02 Å². The molecule has 0 amide bonds. The van der Waals surface area contributed by atoms with Crippen molar-refractivity contribution in [2.75, 3.05) is 44.2 Å². The number of fused-ring (bicyclic) bond motifs is 1. The van der Waals surface area contributed by atoms with Crippen molar-refractivity contribution < 1.29 is 5.11 Å². The molecule has 0 unspecified atom stereocenters. The summed E-state index contributed by atoms with van der Waals surface area (Å²) in [6, 6.07) is 4.12. The molecule has 152 valence electrons. The van der Waals surface area contributed by atoms with Gasteiger partial charge in [0.2, 0.25) is 0 Å². The van der Waals surface area contributed by atoms with Crippen LogP contribution in [-0.2, 0) is 0 Å². The number of hydrogen-bond acceptors (Lipinski definition) is 5. The zero-order valence-corrected chi connectivity index (χ0v) is 18.6. The lowest BCUT2D eigenvalue weighted by atomic mass is 9.86. The normalized spacial score (nSPS) is 19.3. The molecule has 0 spiro atoms. The van der Waals surface area contributed by atoms with E-state index in [0.29, 0.717) is 4.75 Å². The Kier molecular flexibility index (Phi) is 7.99. The van der Waals surface area contributed by atoms with Gasteiger partial charge >= 0.3 is 0 Å². The number of β-amino-alcohol motifs (C(OH)–C–C–N with tert-alkyl or cyclic N) is 1. The molecule has 1 aromatic heterocycles. The summed E-state index contributed by atoms with van der Waals surface area (Å²) in [5.41, 5.74) is 3.07. The molecule has 2 fully saturated rings. The zero-order valence-electron chi connectivity index (χ0n) is 15.4. The van der Waals surface area contributed by atoms with Crippen LogP contribution in [-0.4, -0.2) is 64.1 Å². The monoisotopic (exact) mass is 452 g/mol. The van der Waals surface area contributed by atoms with Gasteiger partial charge in [0.05, 0.1) is 28.4 Å². The maximum absolute atomic E-state index is 9.08. The average Bonchev–Trinajstić information content (AvgIpc) is 2.94. The van der Waals surface area contributed by atoms with Crippen molar-refractivity contribution in [2.24, 2.45) is 0 Å². The summed E-state index contributed by atoms with van der Waals surface area (Å²) >= 11 is 8.42. The number of nitrogens with one attached hydrogen (secondary N) is 1. The SMILES string of the molecule is CC1(Sc2nc3cc(N4CCN(CCO)CC4)c(Cl)cc3[nH]2)CCC1.Cl.Cl. The third-order valence-corrected chi connectivity index (χ3v) is 7.00. The number of H-pyrrole nitrogens is 1. The molecule has 4 rings (SSSR count). The molecule has 2 heterocycles. The number of benzene rings is 1. The standard InChI is InChI=1S/C18H25ClN4OS.2ClH/c1-18(3-2-4-18)25-17-20-14-11-13(19)16(12-15(14)21-17)23-7-5-22(6-8-23)9-10-24;;/h11-12,24H,2-10H2,1H3,(H,20,21);2*1H. The molecule has 1 aliphatic carbocycles. The minimum atomic E-state index is 0. The van der Waals surface area contributed by atoms with Gasteiger partial charge < -0.3 is 15.0 Å². The number of aromatic amines is 1. The zero-order chi connectivity index (χ0) is 17.4. The number of hydrogen-bond donors (Lipinski definition) is 2. The molecule has 2 aromatic rings. The Labute approximate surface area is 182 Å². The van der Waals surface area contributed by atoms with Crippen molar-refractivity contribution in [1.82, 2.24) is 14.9 Å². The Hall–Kier alpha value is -0.370. The fourth-order valence-electron chi connectivity index (χ4n) is 3.65. The molecule has 0 atom stereocenters. The van der Waals surface area contributed by atoms with Gasteiger partial charge in [-0.3, -0.25) is 4.90 Å². The number of imidazole rings is 1. The van der Waals surface area contributed by atoms with E-state index in [2.05, 4.69) is 27.8 Å². The number of nitrogens with zero attached hydrogens (tertiary/aromatic N) is 3. The third-order valence-electron chi connectivity index (χ3n) is 5.41. The van der Waals surface area contributed by atoms with E-state index >= 15 is 0 Å². The van der Waals surface area contributed by atoms with E-state index in [1.54, 1.807) is 0 Å².